The van der Waals surface area contributed by atoms with Crippen LogP contribution in [0, 0.1) is 13.8 Å². The minimum Gasteiger partial charge on any atom is -0.238 e. The number of nitrogens with one attached hydrogen (secondary N) is 1. The van der Waals surface area contributed by atoms with Gasteiger partial charge in [-0.15, -0.1) is 0 Å². The summed E-state index contributed by atoms with van der Waals surface area (Å²) in [6.45, 7) is 8.22. The van der Waals surface area contributed by atoms with Crippen molar-refractivity contribution in [2.45, 2.75) is 45.1 Å². The van der Waals surface area contributed by atoms with Crippen molar-refractivity contribution in [3.63, 3.8) is 0 Å². The molecule has 0 saturated heterocycles. The summed E-state index contributed by atoms with van der Waals surface area (Å²) in [6, 6.07) is 16.9. The summed E-state index contributed by atoms with van der Waals surface area (Å²) in [5, 5.41) is 4.57. The zero-order valence-electron chi connectivity index (χ0n) is 16.1. The highest BCUT2D eigenvalue weighted by Crippen LogP contribution is 2.20. The van der Waals surface area contributed by atoms with Crippen molar-refractivity contribution in [2.24, 2.45) is 0 Å². The van der Waals surface area contributed by atoms with Crippen molar-refractivity contribution in [3.8, 4) is 5.69 Å². The van der Waals surface area contributed by atoms with Crippen LogP contribution in [0.3, 0.4) is 0 Å². The Morgan fingerprint density at radius 1 is 1.00 bits per heavy atom. The van der Waals surface area contributed by atoms with Crippen molar-refractivity contribution >= 4 is 10.0 Å². The van der Waals surface area contributed by atoms with Crippen LogP contribution in [-0.2, 0) is 16.6 Å². The number of sulfonamides is 1. The average molecular weight is 384 g/mol. The van der Waals surface area contributed by atoms with E-state index in [1.807, 2.05) is 61.0 Å². The molecule has 3 aromatic rings. The van der Waals surface area contributed by atoms with Gasteiger partial charge >= 0.3 is 0 Å². The normalized spacial score (nSPS) is 11.9. The Balaban J connectivity index is 1.81. The van der Waals surface area contributed by atoms with E-state index in [4.69, 9.17) is 0 Å². The van der Waals surface area contributed by atoms with Gasteiger partial charge in [0.15, 0.2) is 0 Å². The van der Waals surface area contributed by atoms with Crippen LogP contribution >= 0.6 is 0 Å². The second kappa shape index (κ2) is 7.66. The number of hydrogen-bond donors (Lipinski definition) is 1. The maximum atomic E-state index is 12.6. The Hall–Kier alpha value is -2.44. The molecule has 1 aromatic heterocycles. The van der Waals surface area contributed by atoms with Crippen molar-refractivity contribution in [1.29, 1.82) is 0 Å². The van der Waals surface area contributed by atoms with Crippen LogP contribution in [-0.4, -0.2) is 18.2 Å². The van der Waals surface area contributed by atoms with Gasteiger partial charge in [-0.05, 0) is 49.6 Å². The molecule has 0 spiro atoms. The van der Waals surface area contributed by atoms with Crippen LogP contribution in [0.15, 0.2) is 59.5 Å². The van der Waals surface area contributed by atoms with Crippen molar-refractivity contribution in [2.75, 3.05) is 0 Å². The monoisotopic (exact) mass is 383 g/mol. The Morgan fingerprint density at radius 2 is 1.63 bits per heavy atom. The minimum atomic E-state index is -3.58. The fourth-order valence-corrected chi connectivity index (χ4v) is 4.03. The standard InChI is InChI=1S/C21H25N3O2S/c1-15(2)18-10-12-20(13-11-18)27(25,26)22-14-21-16(3)23-24(17(21)4)19-8-6-5-7-9-19/h5-13,15,22H,14H2,1-4H3. The molecule has 3 rings (SSSR count). The molecule has 1 N–H and O–H groups in total. The number of hydrogen-bond acceptors (Lipinski definition) is 3. The minimum absolute atomic E-state index is 0.207. The first-order chi connectivity index (χ1) is 12.8. The number of rotatable bonds is 6. The quantitative estimate of drug-likeness (QED) is 0.697. The van der Waals surface area contributed by atoms with Gasteiger partial charge < -0.3 is 0 Å². The third-order valence-electron chi connectivity index (χ3n) is 4.74. The van der Waals surface area contributed by atoms with E-state index in [0.29, 0.717) is 5.92 Å². The molecule has 27 heavy (non-hydrogen) atoms. The van der Waals surface area contributed by atoms with Gasteiger partial charge in [0.1, 0.15) is 0 Å². The first kappa shape index (κ1) is 19.3. The maximum Gasteiger partial charge on any atom is 0.240 e. The topological polar surface area (TPSA) is 64.0 Å². The maximum absolute atomic E-state index is 12.6. The van der Waals surface area contributed by atoms with E-state index in [1.165, 1.54) is 0 Å². The van der Waals surface area contributed by atoms with Gasteiger partial charge in [-0.25, -0.2) is 17.8 Å². The molecule has 0 fully saturated rings. The highest BCUT2D eigenvalue weighted by Gasteiger charge is 2.18. The van der Waals surface area contributed by atoms with Gasteiger partial charge in [0.05, 0.1) is 16.3 Å². The van der Waals surface area contributed by atoms with Crippen LogP contribution in [0.4, 0.5) is 0 Å². The largest absolute Gasteiger partial charge is 0.240 e. The van der Waals surface area contributed by atoms with E-state index in [0.717, 1.165) is 28.2 Å². The molecule has 0 atom stereocenters. The lowest BCUT2D eigenvalue weighted by Crippen LogP contribution is -2.23. The molecule has 1 heterocycles. The summed E-state index contributed by atoms with van der Waals surface area (Å²) in [6.07, 6.45) is 0. The van der Waals surface area contributed by atoms with Crippen LogP contribution in [0.5, 0.6) is 0 Å². The van der Waals surface area contributed by atoms with E-state index in [1.54, 1.807) is 12.1 Å². The lowest BCUT2D eigenvalue weighted by molar-refractivity contribution is 0.581. The number of aromatic nitrogens is 2. The zero-order chi connectivity index (χ0) is 19.6. The van der Waals surface area contributed by atoms with E-state index >= 15 is 0 Å². The molecule has 0 radical (unpaired) electrons. The van der Waals surface area contributed by atoms with Crippen LogP contribution in [0.2, 0.25) is 0 Å². The zero-order valence-corrected chi connectivity index (χ0v) is 16.9. The lowest BCUT2D eigenvalue weighted by Gasteiger charge is -2.10. The van der Waals surface area contributed by atoms with Gasteiger partial charge in [-0.2, -0.15) is 5.10 Å². The van der Waals surface area contributed by atoms with E-state index in [9.17, 15) is 8.42 Å². The number of nitrogens with zero attached hydrogens (tertiary/aromatic N) is 2. The molecule has 5 nitrogen and oxygen atoms in total. The van der Waals surface area contributed by atoms with E-state index in [2.05, 4.69) is 23.7 Å². The van der Waals surface area contributed by atoms with Gasteiger partial charge in [0, 0.05) is 17.8 Å². The molecule has 0 aliphatic carbocycles. The molecule has 142 valence electrons. The first-order valence-corrected chi connectivity index (χ1v) is 10.5. The molecule has 2 aromatic carbocycles. The van der Waals surface area contributed by atoms with Crippen LogP contribution < -0.4 is 4.72 Å². The molecule has 0 saturated carbocycles. The predicted molar refractivity (Wildman–Crippen MR) is 108 cm³/mol. The highest BCUT2D eigenvalue weighted by atomic mass is 32.2. The molecular formula is C21H25N3O2S. The second-order valence-corrected chi connectivity index (χ2v) is 8.71. The molecule has 0 bridgehead atoms. The average Bonchev–Trinajstić information content (AvgIpc) is 2.95. The molecule has 6 heteroatoms. The Kier molecular flexibility index (Phi) is 5.48. The molecule has 0 unspecified atom stereocenters. The third kappa shape index (κ3) is 4.12. The molecule has 0 amide bonds. The first-order valence-electron chi connectivity index (χ1n) is 8.99. The molecule has 0 aliphatic heterocycles. The van der Waals surface area contributed by atoms with Gasteiger partial charge in [0.25, 0.3) is 0 Å². The second-order valence-electron chi connectivity index (χ2n) is 6.95. The highest BCUT2D eigenvalue weighted by molar-refractivity contribution is 7.89. The smallest absolute Gasteiger partial charge is 0.238 e. The summed E-state index contributed by atoms with van der Waals surface area (Å²) >= 11 is 0. The summed E-state index contributed by atoms with van der Waals surface area (Å²) in [5.74, 6) is 0.365. The number of benzene rings is 2. The molecule has 0 aliphatic rings. The third-order valence-corrected chi connectivity index (χ3v) is 6.16. The van der Waals surface area contributed by atoms with Crippen molar-refractivity contribution < 1.29 is 8.42 Å². The summed E-state index contributed by atoms with van der Waals surface area (Å²) < 4.78 is 29.8. The lowest BCUT2D eigenvalue weighted by atomic mass is 10.0. The Labute approximate surface area is 161 Å². The number of aryl methyl sites for hydroxylation is 1. The van der Waals surface area contributed by atoms with Crippen LogP contribution in [0.1, 0.15) is 42.3 Å². The van der Waals surface area contributed by atoms with Crippen LogP contribution in [0.25, 0.3) is 5.69 Å². The van der Waals surface area contributed by atoms with Gasteiger partial charge in [-0.1, -0.05) is 44.2 Å². The Morgan fingerprint density at radius 3 is 2.22 bits per heavy atom. The van der Waals surface area contributed by atoms with Gasteiger partial charge in [-0.3, -0.25) is 0 Å². The Bertz CT molecular complexity index is 1020. The van der Waals surface area contributed by atoms with Gasteiger partial charge in [0.2, 0.25) is 10.0 Å². The fourth-order valence-electron chi connectivity index (χ4n) is 3.03. The summed E-state index contributed by atoms with van der Waals surface area (Å²) in [7, 11) is -3.58. The predicted octanol–water partition coefficient (Wildman–Crippen LogP) is 4.09. The molecular weight excluding hydrogens is 358 g/mol. The summed E-state index contributed by atoms with van der Waals surface area (Å²) in [5.41, 5.74) is 4.70. The summed E-state index contributed by atoms with van der Waals surface area (Å²) in [4.78, 5) is 0.276. The van der Waals surface area contributed by atoms with Crippen molar-refractivity contribution in [3.05, 3.63) is 77.1 Å². The van der Waals surface area contributed by atoms with E-state index in [-0.39, 0.29) is 11.4 Å². The fraction of sp³-hybridized carbons (Fsp3) is 0.286. The SMILES string of the molecule is Cc1nn(-c2ccccc2)c(C)c1CNS(=O)(=O)c1ccc(C(C)C)cc1. The number of para-hydroxylation sites is 1. The van der Waals surface area contributed by atoms with Crippen molar-refractivity contribution in [1.82, 2.24) is 14.5 Å². The van der Waals surface area contributed by atoms with E-state index < -0.39 is 10.0 Å².